The van der Waals surface area contributed by atoms with Gasteiger partial charge in [0.1, 0.15) is 11.4 Å². The molecule has 2 aromatic carbocycles. The first-order valence-electron chi connectivity index (χ1n) is 10.0. The highest BCUT2D eigenvalue weighted by molar-refractivity contribution is 7.99. The number of ether oxygens (including phenoxy) is 3. The van der Waals surface area contributed by atoms with Crippen molar-refractivity contribution in [1.82, 2.24) is 4.90 Å². The molecule has 0 bridgehead atoms. The van der Waals surface area contributed by atoms with E-state index in [-0.39, 0.29) is 5.82 Å². The Balaban J connectivity index is 1.54. The Labute approximate surface area is 181 Å². The molecule has 2 aliphatic rings. The summed E-state index contributed by atoms with van der Waals surface area (Å²) in [7, 11) is 1.68. The highest BCUT2D eigenvalue weighted by atomic mass is 32.2. The van der Waals surface area contributed by atoms with Crippen molar-refractivity contribution in [2.45, 2.75) is 34.5 Å². The van der Waals surface area contributed by atoms with Crippen molar-refractivity contribution >= 4 is 11.8 Å². The maximum atomic E-state index is 14.5. The molecule has 2 aliphatic heterocycles. The molecule has 4 nitrogen and oxygen atoms in total. The Morgan fingerprint density at radius 2 is 1.87 bits per heavy atom. The summed E-state index contributed by atoms with van der Waals surface area (Å²) >= 11 is 1.52. The number of terminal acetylenes is 1. The van der Waals surface area contributed by atoms with Gasteiger partial charge in [0.15, 0.2) is 5.79 Å². The summed E-state index contributed by atoms with van der Waals surface area (Å²) in [5.74, 6) is 1.73. The monoisotopic (exact) mass is 427 g/mol. The van der Waals surface area contributed by atoms with Crippen LogP contribution < -0.4 is 0 Å². The molecule has 158 valence electrons. The first kappa shape index (κ1) is 21.4. The minimum absolute atomic E-state index is 0.265. The molecule has 1 atom stereocenters. The minimum atomic E-state index is -0.688. The number of hydrogen-bond acceptors (Lipinski definition) is 5. The van der Waals surface area contributed by atoms with Gasteiger partial charge in [0.25, 0.3) is 0 Å². The molecule has 2 heterocycles. The van der Waals surface area contributed by atoms with Gasteiger partial charge in [0.05, 0.1) is 19.8 Å². The van der Waals surface area contributed by atoms with Gasteiger partial charge in [-0.1, -0.05) is 29.8 Å². The Bertz CT molecular complexity index is 936. The van der Waals surface area contributed by atoms with Gasteiger partial charge in [-0.15, -0.1) is 6.42 Å². The van der Waals surface area contributed by atoms with E-state index in [0.717, 1.165) is 33.9 Å². The molecule has 0 amide bonds. The molecule has 6 heteroatoms. The molecule has 0 radical (unpaired) electrons. The number of nitrogens with zero attached hydrogens (tertiary/aromatic N) is 1. The molecule has 30 heavy (non-hydrogen) atoms. The summed E-state index contributed by atoms with van der Waals surface area (Å²) < 4.78 is 31.8. The van der Waals surface area contributed by atoms with E-state index in [0.29, 0.717) is 26.3 Å². The van der Waals surface area contributed by atoms with Gasteiger partial charge in [0.2, 0.25) is 0 Å². The van der Waals surface area contributed by atoms with Crippen LogP contribution in [-0.4, -0.2) is 44.9 Å². The number of benzene rings is 2. The van der Waals surface area contributed by atoms with Gasteiger partial charge >= 0.3 is 0 Å². The molecular weight excluding hydrogens is 401 g/mol. The van der Waals surface area contributed by atoms with Crippen LogP contribution in [-0.2, 0) is 25.6 Å². The van der Waals surface area contributed by atoms with Gasteiger partial charge in [-0.05, 0) is 49.2 Å². The molecule has 0 aromatic heterocycles. The maximum absolute atomic E-state index is 14.5. The standard InChI is InChI=1S/C24H26FNO3S/c1-4-10-26-11-9-24(17-26,27-3)19-14-20(25)16-22(15-19)30-21-7-5-18(6-8-21)23(2)28-12-13-29-23/h1,5-8,14-16H,9-13,17H2,2-3H3. The van der Waals surface area contributed by atoms with E-state index in [2.05, 4.69) is 10.8 Å². The highest BCUT2D eigenvalue weighted by Gasteiger charge is 2.40. The lowest BCUT2D eigenvalue weighted by atomic mass is 9.92. The highest BCUT2D eigenvalue weighted by Crippen LogP contribution is 2.39. The summed E-state index contributed by atoms with van der Waals surface area (Å²) in [6.07, 6.45) is 6.24. The van der Waals surface area contributed by atoms with Gasteiger partial charge in [-0.2, -0.15) is 0 Å². The van der Waals surface area contributed by atoms with Crippen molar-refractivity contribution in [3.05, 3.63) is 59.4 Å². The van der Waals surface area contributed by atoms with Crippen LogP contribution in [0.2, 0.25) is 0 Å². The fourth-order valence-electron chi connectivity index (χ4n) is 4.17. The minimum Gasteiger partial charge on any atom is -0.372 e. The molecule has 1 unspecified atom stereocenters. The smallest absolute Gasteiger partial charge is 0.192 e. The van der Waals surface area contributed by atoms with E-state index in [1.54, 1.807) is 19.2 Å². The van der Waals surface area contributed by atoms with Crippen LogP contribution in [0.5, 0.6) is 0 Å². The van der Waals surface area contributed by atoms with E-state index in [9.17, 15) is 4.39 Å². The third kappa shape index (κ3) is 4.27. The SMILES string of the molecule is C#CCN1CCC(OC)(c2cc(F)cc(Sc3ccc(C4(C)OCCO4)cc3)c2)C1. The summed E-state index contributed by atoms with van der Waals surface area (Å²) in [4.78, 5) is 4.01. The summed E-state index contributed by atoms with van der Waals surface area (Å²) in [6, 6.07) is 13.2. The van der Waals surface area contributed by atoms with E-state index >= 15 is 0 Å². The topological polar surface area (TPSA) is 30.9 Å². The van der Waals surface area contributed by atoms with Gasteiger partial charge in [-0.3, -0.25) is 4.90 Å². The largest absolute Gasteiger partial charge is 0.372 e. The average molecular weight is 428 g/mol. The maximum Gasteiger partial charge on any atom is 0.192 e. The zero-order valence-corrected chi connectivity index (χ0v) is 18.1. The van der Waals surface area contributed by atoms with E-state index in [1.165, 1.54) is 11.8 Å². The molecule has 0 N–H and O–H groups in total. The summed E-state index contributed by atoms with van der Waals surface area (Å²) in [5, 5.41) is 0. The Morgan fingerprint density at radius 1 is 1.13 bits per heavy atom. The fourth-order valence-corrected chi connectivity index (χ4v) is 5.07. The van der Waals surface area contributed by atoms with Crippen molar-refractivity contribution in [1.29, 1.82) is 0 Å². The van der Waals surface area contributed by atoms with Crippen LogP contribution >= 0.6 is 11.8 Å². The molecular formula is C24H26FNO3S. The quantitative estimate of drug-likeness (QED) is 0.639. The van der Waals surface area contributed by atoms with Crippen molar-refractivity contribution in [3.8, 4) is 12.3 Å². The lowest BCUT2D eigenvalue weighted by Crippen LogP contribution is -2.33. The number of methoxy groups -OCH3 is 1. The summed E-state index contributed by atoms with van der Waals surface area (Å²) in [5.41, 5.74) is 1.29. The Morgan fingerprint density at radius 3 is 2.53 bits per heavy atom. The number of hydrogen-bond donors (Lipinski definition) is 0. The first-order valence-corrected chi connectivity index (χ1v) is 10.9. The van der Waals surface area contributed by atoms with Crippen LogP contribution in [0.25, 0.3) is 0 Å². The second-order valence-electron chi connectivity index (χ2n) is 7.81. The van der Waals surface area contributed by atoms with E-state index in [4.69, 9.17) is 20.6 Å². The van der Waals surface area contributed by atoms with Crippen LogP contribution in [0.1, 0.15) is 24.5 Å². The first-order chi connectivity index (χ1) is 14.5. The second-order valence-corrected chi connectivity index (χ2v) is 8.95. The number of halogens is 1. The molecule has 2 aromatic rings. The van der Waals surface area contributed by atoms with Crippen molar-refractivity contribution in [3.63, 3.8) is 0 Å². The fraction of sp³-hybridized carbons (Fsp3) is 0.417. The lowest BCUT2D eigenvalue weighted by Gasteiger charge is -2.29. The zero-order chi connectivity index (χ0) is 21.2. The van der Waals surface area contributed by atoms with Crippen molar-refractivity contribution in [2.24, 2.45) is 0 Å². The van der Waals surface area contributed by atoms with Gasteiger partial charge in [-0.25, -0.2) is 4.39 Å². The van der Waals surface area contributed by atoms with Crippen LogP contribution in [0, 0.1) is 18.2 Å². The number of likely N-dealkylation sites (tertiary alicyclic amines) is 1. The third-order valence-electron chi connectivity index (χ3n) is 5.87. The van der Waals surface area contributed by atoms with E-state index < -0.39 is 11.4 Å². The lowest BCUT2D eigenvalue weighted by molar-refractivity contribution is -0.149. The van der Waals surface area contributed by atoms with Crippen molar-refractivity contribution in [2.75, 3.05) is 40.0 Å². The van der Waals surface area contributed by atoms with Crippen molar-refractivity contribution < 1.29 is 18.6 Å². The Hall–Kier alpha value is -1.88. The van der Waals surface area contributed by atoms with Gasteiger partial charge in [0, 0.05) is 35.6 Å². The number of rotatable bonds is 6. The molecule has 0 spiro atoms. The van der Waals surface area contributed by atoms with Crippen LogP contribution in [0.3, 0.4) is 0 Å². The third-order valence-corrected chi connectivity index (χ3v) is 6.85. The molecule has 2 saturated heterocycles. The average Bonchev–Trinajstić information content (AvgIpc) is 3.36. The Kier molecular flexibility index (Phi) is 6.19. The van der Waals surface area contributed by atoms with Crippen LogP contribution in [0.4, 0.5) is 4.39 Å². The predicted molar refractivity (Wildman–Crippen MR) is 115 cm³/mol. The molecule has 4 rings (SSSR count). The molecule has 2 fully saturated rings. The van der Waals surface area contributed by atoms with Gasteiger partial charge < -0.3 is 14.2 Å². The summed E-state index contributed by atoms with van der Waals surface area (Å²) in [6.45, 7) is 5.19. The predicted octanol–water partition coefficient (Wildman–Crippen LogP) is 4.38. The van der Waals surface area contributed by atoms with Crippen LogP contribution in [0.15, 0.2) is 52.3 Å². The van der Waals surface area contributed by atoms with E-state index in [1.807, 2.05) is 37.3 Å². The zero-order valence-electron chi connectivity index (χ0n) is 17.3. The second kappa shape index (κ2) is 8.70. The molecule has 0 aliphatic carbocycles. The normalized spacial score (nSPS) is 23.5. The molecule has 0 saturated carbocycles.